The second-order valence-electron chi connectivity index (χ2n) is 4.50. The van der Waals surface area contributed by atoms with Crippen LogP contribution in [0.1, 0.15) is 19.5 Å². The van der Waals surface area contributed by atoms with Gasteiger partial charge < -0.3 is 15.5 Å². The number of aryl methyl sites for hydroxylation is 1. The minimum Gasteiger partial charge on any atom is -0.473 e. The van der Waals surface area contributed by atoms with E-state index in [1.54, 1.807) is 19.1 Å². The molecule has 2 heterocycles. The van der Waals surface area contributed by atoms with E-state index in [1.807, 2.05) is 13.8 Å². The quantitative estimate of drug-likeness (QED) is 0.837. The molecule has 0 bridgehead atoms. The predicted molar refractivity (Wildman–Crippen MR) is 78.1 cm³/mol. The number of nitrogens with two attached hydrogens (primary N) is 1. The molecule has 0 aliphatic carbocycles. The number of nitrogens with zero attached hydrogens (tertiary/aromatic N) is 2. The van der Waals surface area contributed by atoms with Crippen LogP contribution in [0, 0.1) is 6.92 Å². The lowest BCUT2D eigenvalue weighted by Crippen LogP contribution is -2.10. The Bertz CT molecular complexity index is 670. The third-order valence-corrected chi connectivity index (χ3v) is 3.08. The van der Waals surface area contributed by atoms with Crippen molar-refractivity contribution >= 4 is 17.4 Å². The molecule has 0 radical (unpaired) electrons. The Labute approximate surface area is 120 Å². The molecule has 0 aliphatic heterocycles. The lowest BCUT2D eigenvalue weighted by Gasteiger charge is -2.11. The number of H-pyrrole nitrogens is 1. The zero-order valence-electron chi connectivity index (χ0n) is 11.5. The summed E-state index contributed by atoms with van der Waals surface area (Å²) in [6.45, 7) is 5.57. The van der Waals surface area contributed by atoms with Crippen molar-refractivity contribution in [2.24, 2.45) is 0 Å². The third-order valence-electron chi connectivity index (χ3n) is 2.26. The number of pyridine rings is 1. The first-order valence-corrected chi connectivity index (χ1v) is 6.94. The monoisotopic (exact) mass is 292 g/mol. The van der Waals surface area contributed by atoms with Crippen molar-refractivity contribution in [3.63, 3.8) is 0 Å². The van der Waals surface area contributed by atoms with Crippen molar-refractivity contribution in [1.82, 2.24) is 15.0 Å². The number of aromatic nitrogens is 3. The highest BCUT2D eigenvalue weighted by molar-refractivity contribution is 7.99. The van der Waals surface area contributed by atoms with Gasteiger partial charge in [0.1, 0.15) is 5.03 Å². The first kappa shape index (κ1) is 14.4. The van der Waals surface area contributed by atoms with Crippen molar-refractivity contribution < 1.29 is 4.74 Å². The summed E-state index contributed by atoms with van der Waals surface area (Å²) >= 11 is 1.25. The highest BCUT2D eigenvalue weighted by Crippen LogP contribution is 2.27. The SMILES string of the molecule is Cc1cc(=O)[nH]c(Sc2ccc(N)c(OC(C)C)n2)n1. The standard InChI is InChI=1S/C13H16N4O2S/c1-7(2)19-12-9(14)4-5-11(17-12)20-13-15-8(3)6-10(18)16-13/h4-7H,14H2,1-3H3,(H,15,16,18). The first-order chi connectivity index (χ1) is 9.44. The number of ether oxygens (including phenoxy) is 1. The molecule has 20 heavy (non-hydrogen) atoms. The summed E-state index contributed by atoms with van der Waals surface area (Å²) in [5, 5.41) is 1.14. The molecule has 0 unspecified atom stereocenters. The molecule has 0 fully saturated rings. The van der Waals surface area contributed by atoms with Crippen LogP contribution in [-0.2, 0) is 0 Å². The average molecular weight is 292 g/mol. The highest BCUT2D eigenvalue weighted by atomic mass is 32.2. The Kier molecular flexibility index (Phi) is 4.29. The second kappa shape index (κ2) is 5.96. The molecule has 0 saturated carbocycles. The van der Waals surface area contributed by atoms with E-state index in [2.05, 4.69) is 15.0 Å². The largest absolute Gasteiger partial charge is 0.473 e. The van der Waals surface area contributed by atoms with Gasteiger partial charge in [0.2, 0.25) is 5.88 Å². The lowest BCUT2D eigenvalue weighted by molar-refractivity contribution is 0.232. The summed E-state index contributed by atoms with van der Waals surface area (Å²) in [7, 11) is 0. The zero-order chi connectivity index (χ0) is 14.7. The Morgan fingerprint density at radius 1 is 1.35 bits per heavy atom. The van der Waals surface area contributed by atoms with E-state index < -0.39 is 0 Å². The topological polar surface area (TPSA) is 93.9 Å². The van der Waals surface area contributed by atoms with Gasteiger partial charge in [-0.2, -0.15) is 0 Å². The number of hydrogen-bond donors (Lipinski definition) is 2. The van der Waals surface area contributed by atoms with Gasteiger partial charge in [0.25, 0.3) is 5.56 Å². The van der Waals surface area contributed by atoms with Crippen LogP contribution in [-0.4, -0.2) is 21.1 Å². The molecule has 0 aromatic carbocycles. The molecule has 2 aromatic heterocycles. The normalized spacial score (nSPS) is 10.8. The molecule has 106 valence electrons. The van der Waals surface area contributed by atoms with Gasteiger partial charge in [-0.05, 0) is 44.7 Å². The van der Waals surface area contributed by atoms with Gasteiger partial charge in [0, 0.05) is 11.8 Å². The van der Waals surface area contributed by atoms with Crippen molar-refractivity contribution in [2.75, 3.05) is 5.73 Å². The number of anilines is 1. The maximum Gasteiger partial charge on any atom is 0.251 e. The third kappa shape index (κ3) is 3.74. The second-order valence-corrected chi connectivity index (χ2v) is 5.51. The van der Waals surface area contributed by atoms with Gasteiger partial charge >= 0.3 is 0 Å². The molecular formula is C13H16N4O2S. The van der Waals surface area contributed by atoms with E-state index in [4.69, 9.17) is 10.5 Å². The van der Waals surface area contributed by atoms with Crippen LogP contribution in [0.2, 0.25) is 0 Å². The summed E-state index contributed by atoms with van der Waals surface area (Å²) in [6.07, 6.45) is -0.0121. The lowest BCUT2D eigenvalue weighted by atomic mass is 10.4. The van der Waals surface area contributed by atoms with Crippen molar-refractivity contribution in [3.05, 3.63) is 34.2 Å². The Morgan fingerprint density at radius 2 is 2.10 bits per heavy atom. The smallest absolute Gasteiger partial charge is 0.251 e. The van der Waals surface area contributed by atoms with Gasteiger partial charge in [-0.1, -0.05) is 0 Å². The molecule has 2 aromatic rings. The van der Waals surface area contributed by atoms with Crippen molar-refractivity contribution in [1.29, 1.82) is 0 Å². The van der Waals surface area contributed by atoms with Crippen LogP contribution in [0.15, 0.2) is 33.2 Å². The summed E-state index contributed by atoms with van der Waals surface area (Å²) in [4.78, 5) is 22.6. The molecular weight excluding hydrogens is 276 g/mol. The summed E-state index contributed by atoms with van der Waals surface area (Å²) < 4.78 is 5.53. The summed E-state index contributed by atoms with van der Waals surface area (Å²) in [5.74, 6) is 0.389. The number of rotatable bonds is 4. The number of nitrogen functional groups attached to an aromatic ring is 1. The Morgan fingerprint density at radius 3 is 2.75 bits per heavy atom. The molecule has 3 N–H and O–H groups in total. The van der Waals surface area contributed by atoms with E-state index in [1.165, 1.54) is 17.8 Å². The molecule has 0 amide bonds. The minimum absolute atomic E-state index is 0.0121. The fourth-order valence-electron chi connectivity index (χ4n) is 1.51. The zero-order valence-corrected chi connectivity index (χ0v) is 12.3. The van der Waals surface area contributed by atoms with Crippen LogP contribution in [0.25, 0.3) is 0 Å². The predicted octanol–water partition coefficient (Wildman–Crippen LogP) is 1.99. The van der Waals surface area contributed by atoms with Gasteiger partial charge in [-0.15, -0.1) is 0 Å². The molecule has 6 nitrogen and oxygen atoms in total. The van der Waals surface area contributed by atoms with E-state index in [0.717, 1.165) is 0 Å². The van der Waals surface area contributed by atoms with E-state index in [-0.39, 0.29) is 11.7 Å². The Balaban J connectivity index is 2.27. The summed E-state index contributed by atoms with van der Waals surface area (Å²) in [6, 6.07) is 4.92. The molecule has 0 atom stereocenters. The van der Waals surface area contributed by atoms with Crippen molar-refractivity contribution in [3.8, 4) is 5.88 Å². The number of aromatic amines is 1. The van der Waals surface area contributed by atoms with Crippen LogP contribution >= 0.6 is 11.8 Å². The molecule has 0 spiro atoms. The number of hydrogen-bond acceptors (Lipinski definition) is 6. The van der Waals surface area contributed by atoms with Crippen molar-refractivity contribution in [2.45, 2.75) is 37.1 Å². The van der Waals surface area contributed by atoms with Gasteiger partial charge in [0.05, 0.1) is 11.8 Å². The highest BCUT2D eigenvalue weighted by Gasteiger charge is 2.09. The molecule has 7 heteroatoms. The average Bonchev–Trinajstić information content (AvgIpc) is 2.31. The maximum atomic E-state index is 11.4. The first-order valence-electron chi connectivity index (χ1n) is 6.13. The summed E-state index contributed by atoms with van der Waals surface area (Å²) in [5.41, 5.74) is 6.76. The van der Waals surface area contributed by atoms with E-state index in [0.29, 0.717) is 27.4 Å². The molecule has 2 rings (SSSR count). The maximum absolute atomic E-state index is 11.4. The fourth-order valence-corrected chi connectivity index (χ4v) is 2.31. The van der Waals surface area contributed by atoms with E-state index >= 15 is 0 Å². The van der Waals surface area contributed by atoms with Crippen LogP contribution in [0.4, 0.5) is 5.69 Å². The van der Waals surface area contributed by atoms with Crippen LogP contribution in [0.5, 0.6) is 5.88 Å². The minimum atomic E-state index is -0.186. The van der Waals surface area contributed by atoms with E-state index in [9.17, 15) is 4.79 Å². The Hall–Kier alpha value is -2.02. The molecule has 0 saturated heterocycles. The van der Waals surface area contributed by atoms with Crippen LogP contribution in [0.3, 0.4) is 0 Å². The van der Waals surface area contributed by atoms with Crippen LogP contribution < -0.4 is 16.0 Å². The van der Waals surface area contributed by atoms with Gasteiger partial charge in [-0.3, -0.25) is 4.79 Å². The number of nitrogens with one attached hydrogen (secondary N) is 1. The molecule has 0 aliphatic rings. The fraction of sp³-hybridized carbons (Fsp3) is 0.308. The van der Waals surface area contributed by atoms with Gasteiger partial charge in [-0.25, -0.2) is 9.97 Å². The van der Waals surface area contributed by atoms with Gasteiger partial charge in [0.15, 0.2) is 5.16 Å².